The van der Waals surface area contributed by atoms with E-state index in [0.29, 0.717) is 31.2 Å². The summed E-state index contributed by atoms with van der Waals surface area (Å²) in [5.74, 6) is 1.00. The molecule has 20 heavy (non-hydrogen) atoms. The van der Waals surface area contributed by atoms with Crippen molar-refractivity contribution in [1.82, 2.24) is 15.3 Å². The summed E-state index contributed by atoms with van der Waals surface area (Å²) in [6.45, 7) is 1.41. The first kappa shape index (κ1) is 14.0. The van der Waals surface area contributed by atoms with Crippen molar-refractivity contribution in [1.29, 1.82) is 0 Å². The van der Waals surface area contributed by atoms with Crippen LogP contribution in [0.1, 0.15) is 16.1 Å². The molecule has 0 aliphatic rings. The number of nitrogens with one attached hydrogen (secondary N) is 2. The minimum atomic E-state index is -0.223. The summed E-state index contributed by atoms with van der Waals surface area (Å²) in [5.41, 5.74) is 0.407. The molecule has 0 fully saturated rings. The molecule has 0 saturated heterocycles. The maximum atomic E-state index is 11.7. The van der Waals surface area contributed by atoms with Crippen LogP contribution < -0.4 is 10.6 Å². The minimum Gasteiger partial charge on any atom is -0.467 e. The normalized spacial score (nSPS) is 10.2. The number of rotatable bonds is 7. The summed E-state index contributed by atoms with van der Waals surface area (Å²) in [4.78, 5) is 19.8. The number of carbonyl (C=O) groups excluding carboxylic acids is 1. The van der Waals surface area contributed by atoms with Crippen LogP contribution in [0.2, 0.25) is 0 Å². The van der Waals surface area contributed by atoms with E-state index >= 15 is 0 Å². The van der Waals surface area contributed by atoms with Gasteiger partial charge in [-0.05, 0) is 12.1 Å². The fraction of sp³-hybridized carbons (Fsp3) is 0.308. The molecule has 0 bridgehead atoms. The van der Waals surface area contributed by atoms with Gasteiger partial charge in [0.05, 0.1) is 25.0 Å². The maximum Gasteiger partial charge on any atom is 0.254 e. The quantitative estimate of drug-likeness (QED) is 0.735. The molecule has 0 radical (unpaired) electrons. The predicted octanol–water partition coefficient (Wildman–Crippen LogP) is 1.06. The van der Waals surface area contributed by atoms with E-state index < -0.39 is 0 Å². The Morgan fingerprint density at radius 3 is 2.85 bits per heavy atom. The Kier molecular flexibility index (Phi) is 5.08. The summed E-state index contributed by atoms with van der Waals surface area (Å²) in [5, 5.41) is 5.69. The summed E-state index contributed by atoms with van der Waals surface area (Å²) in [7, 11) is 1.58. The number of nitrogens with zero attached hydrogens (tertiary/aromatic N) is 2. The van der Waals surface area contributed by atoms with Crippen molar-refractivity contribution in [3.8, 4) is 0 Å². The number of furan rings is 1. The SMILES string of the molecule is COCCNC(=O)c1cnc(NCc2ccco2)nc1. The smallest absolute Gasteiger partial charge is 0.254 e. The van der Waals surface area contributed by atoms with E-state index in [1.807, 2.05) is 12.1 Å². The number of methoxy groups -OCH3 is 1. The van der Waals surface area contributed by atoms with Crippen LogP contribution in [-0.4, -0.2) is 36.1 Å². The number of hydrogen-bond acceptors (Lipinski definition) is 6. The lowest BCUT2D eigenvalue weighted by Crippen LogP contribution is -2.27. The van der Waals surface area contributed by atoms with Gasteiger partial charge in [0.2, 0.25) is 5.95 Å². The van der Waals surface area contributed by atoms with E-state index in [-0.39, 0.29) is 5.91 Å². The average Bonchev–Trinajstić information content (AvgIpc) is 2.99. The largest absolute Gasteiger partial charge is 0.467 e. The fourth-order valence-electron chi connectivity index (χ4n) is 1.48. The second kappa shape index (κ2) is 7.25. The van der Waals surface area contributed by atoms with Gasteiger partial charge in [0.25, 0.3) is 5.91 Å². The highest BCUT2D eigenvalue weighted by Crippen LogP contribution is 2.04. The second-order valence-corrected chi connectivity index (χ2v) is 3.98. The predicted molar refractivity (Wildman–Crippen MR) is 72.3 cm³/mol. The Morgan fingerprint density at radius 2 is 2.20 bits per heavy atom. The van der Waals surface area contributed by atoms with Gasteiger partial charge in [-0.15, -0.1) is 0 Å². The molecule has 1 amide bonds. The van der Waals surface area contributed by atoms with E-state index in [1.54, 1.807) is 13.4 Å². The molecule has 0 spiro atoms. The first-order valence-corrected chi connectivity index (χ1v) is 6.15. The summed E-state index contributed by atoms with van der Waals surface area (Å²) in [6.07, 6.45) is 4.55. The summed E-state index contributed by atoms with van der Waals surface area (Å²) >= 11 is 0. The van der Waals surface area contributed by atoms with Crippen molar-refractivity contribution >= 4 is 11.9 Å². The van der Waals surface area contributed by atoms with Gasteiger partial charge in [0.1, 0.15) is 5.76 Å². The zero-order valence-corrected chi connectivity index (χ0v) is 11.1. The van der Waals surface area contributed by atoms with Crippen LogP contribution in [0.5, 0.6) is 0 Å². The van der Waals surface area contributed by atoms with Crippen molar-refractivity contribution in [3.05, 3.63) is 42.1 Å². The number of ether oxygens (including phenoxy) is 1. The standard InChI is InChI=1S/C13H16N4O3/c1-19-6-4-14-12(18)10-7-15-13(16-8-10)17-9-11-3-2-5-20-11/h2-3,5,7-8H,4,6,9H2,1H3,(H,14,18)(H,15,16,17). The third kappa shape index (κ3) is 4.06. The van der Waals surface area contributed by atoms with Gasteiger partial charge >= 0.3 is 0 Å². The van der Waals surface area contributed by atoms with Gasteiger partial charge in [-0.2, -0.15) is 0 Å². The molecule has 0 atom stereocenters. The lowest BCUT2D eigenvalue weighted by Gasteiger charge is -2.05. The number of aromatic nitrogens is 2. The molecule has 7 nitrogen and oxygen atoms in total. The fourth-order valence-corrected chi connectivity index (χ4v) is 1.48. The molecule has 2 aromatic heterocycles. The molecule has 0 aliphatic carbocycles. The van der Waals surface area contributed by atoms with Crippen molar-refractivity contribution in [2.45, 2.75) is 6.54 Å². The Hall–Kier alpha value is -2.41. The third-order valence-electron chi connectivity index (χ3n) is 2.51. The number of anilines is 1. The minimum absolute atomic E-state index is 0.223. The van der Waals surface area contributed by atoms with Crippen LogP contribution in [0.4, 0.5) is 5.95 Å². The summed E-state index contributed by atoms with van der Waals surface area (Å²) in [6, 6.07) is 3.66. The summed E-state index contributed by atoms with van der Waals surface area (Å²) < 4.78 is 10.0. The zero-order valence-electron chi connectivity index (χ0n) is 11.1. The van der Waals surface area contributed by atoms with Gasteiger partial charge in [0, 0.05) is 26.0 Å². The topological polar surface area (TPSA) is 89.3 Å². The molecule has 7 heteroatoms. The first-order chi connectivity index (χ1) is 9.79. The maximum absolute atomic E-state index is 11.7. The lowest BCUT2D eigenvalue weighted by atomic mass is 10.3. The molecule has 2 heterocycles. The van der Waals surface area contributed by atoms with Crippen molar-refractivity contribution in [3.63, 3.8) is 0 Å². The molecule has 0 saturated carbocycles. The van der Waals surface area contributed by atoms with Gasteiger partial charge in [-0.25, -0.2) is 9.97 Å². The molecule has 2 rings (SSSR count). The molecule has 0 aliphatic heterocycles. The second-order valence-electron chi connectivity index (χ2n) is 3.98. The third-order valence-corrected chi connectivity index (χ3v) is 2.51. The highest BCUT2D eigenvalue weighted by atomic mass is 16.5. The number of amides is 1. The Balaban J connectivity index is 1.84. The highest BCUT2D eigenvalue weighted by Gasteiger charge is 2.06. The first-order valence-electron chi connectivity index (χ1n) is 6.15. The number of hydrogen-bond donors (Lipinski definition) is 2. The van der Waals surface area contributed by atoms with E-state index in [0.717, 1.165) is 5.76 Å². The van der Waals surface area contributed by atoms with Gasteiger partial charge < -0.3 is 19.8 Å². The molecular weight excluding hydrogens is 260 g/mol. The Labute approximate surface area is 116 Å². The van der Waals surface area contributed by atoms with E-state index in [4.69, 9.17) is 9.15 Å². The molecule has 106 valence electrons. The van der Waals surface area contributed by atoms with E-state index in [2.05, 4.69) is 20.6 Å². The number of carbonyl (C=O) groups is 1. The average molecular weight is 276 g/mol. The zero-order chi connectivity index (χ0) is 14.2. The van der Waals surface area contributed by atoms with Crippen molar-refractivity contribution < 1.29 is 13.9 Å². The van der Waals surface area contributed by atoms with Gasteiger partial charge in [-0.3, -0.25) is 4.79 Å². The molecule has 0 unspecified atom stereocenters. The molecule has 2 N–H and O–H groups in total. The van der Waals surface area contributed by atoms with Gasteiger partial charge in [-0.1, -0.05) is 0 Å². The van der Waals surface area contributed by atoms with Gasteiger partial charge in [0.15, 0.2) is 0 Å². The molecular formula is C13H16N4O3. The lowest BCUT2D eigenvalue weighted by molar-refractivity contribution is 0.0936. The van der Waals surface area contributed by atoms with Crippen LogP contribution in [-0.2, 0) is 11.3 Å². The van der Waals surface area contributed by atoms with Crippen molar-refractivity contribution in [2.75, 3.05) is 25.6 Å². The Morgan fingerprint density at radius 1 is 1.40 bits per heavy atom. The van der Waals surface area contributed by atoms with Crippen LogP contribution >= 0.6 is 0 Å². The van der Waals surface area contributed by atoms with Crippen LogP contribution in [0, 0.1) is 0 Å². The Bertz CT molecular complexity index is 525. The van der Waals surface area contributed by atoms with E-state index in [1.165, 1.54) is 12.4 Å². The molecule has 0 aromatic carbocycles. The van der Waals surface area contributed by atoms with Crippen LogP contribution in [0.15, 0.2) is 35.2 Å². The highest BCUT2D eigenvalue weighted by molar-refractivity contribution is 5.93. The van der Waals surface area contributed by atoms with Crippen molar-refractivity contribution in [2.24, 2.45) is 0 Å². The monoisotopic (exact) mass is 276 g/mol. The van der Waals surface area contributed by atoms with Crippen LogP contribution in [0.3, 0.4) is 0 Å². The molecule has 2 aromatic rings. The van der Waals surface area contributed by atoms with Crippen LogP contribution in [0.25, 0.3) is 0 Å². The van der Waals surface area contributed by atoms with E-state index in [9.17, 15) is 4.79 Å².